The van der Waals surface area contributed by atoms with Crippen LogP contribution in [0.25, 0.3) is 22.0 Å². The van der Waals surface area contributed by atoms with Crippen molar-refractivity contribution in [3.8, 4) is 11.1 Å². The number of benzene rings is 1. The summed E-state index contributed by atoms with van der Waals surface area (Å²) in [6.07, 6.45) is 6.44. The second kappa shape index (κ2) is 10.2. The van der Waals surface area contributed by atoms with Crippen LogP contribution in [0.2, 0.25) is 0 Å². The molecule has 1 fully saturated rings. The van der Waals surface area contributed by atoms with Crippen LogP contribution in [-0.4, -0.2) is 49.8 Å². The summed E-state index contributed by atoms with van der Waals surface area (Å²) < 4.78 is 1.97. The molecule has 0 saturated heterocycles. The normalized spacial score (nSPS) is 12.8. The average Bonchev–Trinajstić information content (AvgIpc) is 3.64. The van der Waals surface area contributed by atoms with Gasteiger partial charge in [0.05, 0.1) is 5.52 Å². The third kappa shape index (κ3) is 5.55. The zero-order chi connectivity index (χ0) is 25.9. The molecule has 1 saturated carbocycles. The van der Waals surface area contributed by atoms with Gasteiger partial charge in [-0.05, 0) is 55.5 Å². The minimum absolute atomic E-state index is 0.169. The fraction of sp³-hybridized carbons (Fsp3) is 0.240. The predicted molar refractivity (Wildman–Crippen MR) is 130 cm³/mol. The lowest BCUT2D eigenvalue weighted by Crippen LogP contribution is -2.19. The van der Waals surface area contributed by atoms with Crippen molar-refractivity contribution in [3.63, 3.8) is 0 Å². The summed E-state index contributed by atoms with van der Waals surface area (Å²) >= 11 is 0. The highest BCUT2D eigenvalue weighted by molar-refractivity contribution is 5.95. The first kappa shape index (κ1) is 25.2. The molecule has 2 heterocycles. The molecule has 2 aromatic heterocycles. The number of aliphatic carboxylic acids is 2. The topological polar surface area (TPSA) is 159 Å². The summed E-state index contributed by atoms with van der Waals surface area (Å²) in [6, 6.07) is 5.95. The van der Waals surface area contributed by atoms with Crippen molar-refractivity contribution >= 4 is 34.6 Å². The molecule has 1 aliphatic rings. The molecule has 10 heteroatoms. The second-order valence-electron chi connectivity index (χ2n) is 8.10. The Hall–Kier alpha value is -4.47. The van der Waals surface area contributed by atoms with E-state index < -0.39 is 23.3 Å². The molecular weight excluding hydrogens is 454 g/mol. The van der Waals surface area contributed by atoms with Gasteiger partial charge in [0, 0.05) is 48.6 Å². The summed E-state index contributed by atoms with van der Waals surface area (Å²) in [5, 5.41) is 28.6. The Morgan fingerprint density at radius 2 is 1.71 bits per heavy atom. The number of aromatic carboxylic acids is 1. The van der Waals surface area contributed by atoms with E-state index in [0.717, 1.165) is 46.4 Å². The molecule has 0 radical (unpaired) electrons. The van der Waals surface area contributed by atoms with Crippen molar-refractivity contribution in [2.75, 3.05) is 12.4 Å². The molecule has 4 rings (SSSR count). The quantitative estimate of drug-likeness (QED) is 0.388. The minimum atomic E-state index is -1.26. The summed E-state index contributed by atoms with van der Waals surface area (Å²) in [6.45, 7) is 3.98. The number of hydrogen-bond acceptors (Lipinski definition) is 6. The number of anilines is 1. The van der Waals surface area contributed by atoms with Crippen LogP contribution in [0.4, 0.5) is 5.82 Å². The molecule has 0 amide bonds. The molecule has 4 N–H and O–H groups in total. The van der Waals surface area contributed by atoms with Crippen LogP contribution in [-0.2, 0) is 9.59 Å². The van der Waals surface area contributed by atoms with Crippen molar-refractivity contribution in [1.82, 2.24) is 9.55 Å². The van der Waals surface area contributed by atoms with Gasteiger partial charge in [0.15, 0.2) is 0 Å². The second-order valence-corrected chi connectivity index (χ2v) is 8.10. The van der Waals surface area contributed by atoms with Crippen molar-refractivity contribution in [2.24, 2.45) is 0 Å². The molecule has 35 heavy (non-hydrogen) atoms. The van der Waals surface area contributed by atoms with Crippen LogP contribution in [0.5, 0.6) is 0 Å². The number of fused-ring (bicyclic) bond motifs is 1. The standard InChI is InChI=1S/C21H21N3O3.C4H4O4/c1-11-8-13(9-23-20(11)22-3)15-6-7-16-18(12(15)2)24(14-4-5-14)10-17(19(16)25)21(26)27;5-3(6)1-2-4(7)8/h6-10,14H,4-5H2,1-3H3,(H,22,23)(H,26,27);1-2H,(H,5,6)(H,7,8). The molecule has 1 aliphatic carbocycles. The van der Waals surface area contributed by atoms with Gasteiger partial charge in [-0.1, -0.05) is 6.07 Å². The van der Waals surface area contributed by atoms with Crippen molar-refractivity contribution < 1.29 is 29.7 Å². The number of carboxylic acids is 3. The van der Waals surface area contributed by atoms with Crippen LogP contribution in [0.15, 0.2) is 47.5 Å². The smallest absolute Gasteiger partial charge is 0.341 e. The largest absolute Gasteiger partial charge is 0.478 e. The number of carbonyl (C=O) groups is 3. The Morgan fingerprint density at radius 3 is 2.20 bits per heavy atom. The van der Waals surface area contributed by atoms with E-state index in [1.165, 1.54) is 6.20 Å². The van der Waals surface area contributed by atoms with E-state index in [0.29, 0.717) is 17.5 Å². The van der Waals surface area contributed by atoms with Gasteiger partial charge in [-0.3, -0.25) is 4.79 Å². The Morgan fingerprint density at radius 1 is 1.09 bits per heavy atom. The Kier molecular flexibility index (Phi) is 7.34. The maximum absolute atomic E-state index is 12.7. The molecule has 0 atom stereocenters. The number of hydrogen-bond donors (Lipinski definition) is 4. The highest BCUT2D eigenvalue weighted by Gasteiger charge is 2.28. The van der Waals surface area contributed by atoms with Gasteiger partial charge in [-0.15, -0.1) is 0 Å². The number of rotatable bonds is 6. The van der Waals surface area contributed by atoms with Crippen LogP contribution in [0, 0.1) is 13.8 Å². The molecule has 3 aromatic rings. The summed E-state index contributed by atoms with van der Waals surface area (Å²) in [4.78, 5) is 47.8. The fourth-order valence-corrected chi connectivity index (χ4v) is 3.86. The van der Waals surface area contributed by atoms with E-state index in [-0.39, 0.29) is 11.6 Å². The van der Waals surface area contributed by atoms with Gasteiger partial charge in [0.1, 0.15) is 11.4 Å². The first-order valence-electron chi connectivity index (χ1n) is 10.8. The summed E-state index contributed by atoms with van der Waals surface area (Å²) in [5.74, 6) is -2.86. The van der Waals surface area contributed by atoms with E-state index in [4.69, 9.17) is 10.2 Å². The molecule has 0 aliphatic heterocycles. The molecule has 0 spiro atoms. The van der Waals surface area contributed by atoms with Gasteiger partial charge in [-0.2, -0.15) is 0 Å². The Labute approximate surface area is 200 Å². The van der Waals surface area contributed by atoms with Gasteiger partial charge in [-0.25, -0.2) is 19.4 Å². The number of pyridine rings is 2. The molecule has 0 bridgehead atoms. The lowest BCUT2D eigenvalue weighted by molar-refractivity contribution is -0.134. The van der Waals surface area contributed by atoms with Gasteiger partial charge in [0.2, 0.25) is 5.43 Å². The van der Waals surface area contributed by atoms with Crippen LogP contribution in [0.1, 0.15) is 40.4 Å². The van der Waals surface area contributed by atoms with Crippen LogP contribution >= 0.6 is 0 Å². The zero-order valence-electron chi connectivity index (χ0n) is 19.4. The van der Waals surface area contributed by atoms with E-state index in [2.05, 4.69) is 16.4 Å². The minimum Gasteiger partial charge on any atom is -0.478 e. The maximum atomic E-state index is 12.7. The van der Waals surface area contributed by atoms with Gasteiger partial charge < -0.3 is 25.2 Å². The van der Waals surface area contributed by atoms with E-state index >= 15 is 0 Å². The Bertz CT molecular complexity index is 1400. The summed E-state index contributed by atoms with van der Waals surface area (Å²) in [5.41, 5.74) is 4.20. The lowest BCUT2D eigenvalue weighted by atomic mass is 9.97. The monoisotopic (exact) mass is 479 g/mol. The molecule has 0 unspecified atom stereocenters. The fourth-order valence-electron chi connectivity index (χ4n) is 3.86. The number of nitrogens with zero attached hydrogens (tertiary/aromatic N) is 2. The van der Waals surface area contributed by atoms with E-state index in [9.17, 15) is 24.3 Å². The SMILES string of the molecule is CNc1ncc(-c2ccc3c(=O)c(C(=O)O)cn(C4CC4)c3c2C)cc1C.O=C(O)C=CC(=O)O. The average molecular weight is 479 g/mol. The van der Waals surface area contributed by atoms with Crippen LogP contribution in [0.3, 0.4) is 0 Å². The number of aryl methyl sites for hydroxylation is 2. The zero-order valence-corrected chi connectivity index (χ0v) is 19.4. The molecule has 182 valence electrons. The maximum Gasteiger partial charge on any atom is 0.341 e. The van der Waals surface area contributed by atoms with Gasteiger partial charge in [0.25, 0.3) is 0 Å². The first-order chi connectivity index (χ1) is 16.5. The third-order valence-corrected chi connectivity index (χ3v) is 5.61. The highest BCUT2D eigenvalue weighted by atomic mass is 16.4. The van der Waals surface area contributed by atoms with Crippen molar-refractivity contribution in [2.45, 2.75) is 32.7 Å². The van der Waals surface area contributed by atoms with E-state index in [1.807, 2.05) is 37.7 Å². The van der Waals surface area contributed by atoms with Gasteiger partial charge >= 0.3 is 17.9 Å². The molecular formula is C25H25N3O7. The predicted octanol–water partition coefficient (Wildman–Crippen LogP) is 3.47. The highest BCUT2D eigenvalue weighted by Crippen LogP contribution is 2.39. The summed E-state index contributed by atoms with van der Waals surface area (Å²) in [7, 11) is 1.84. The lowest BCUT2D eigenvalue weighted by Gasteiger charge is -2.17. The number of nitrogens with one attached hydrogen (secondary N) is 1. The first-order valence-corrected chi connectivity index (χ1v) is 10.8. The Balaban J connectivity index is 0.000000371. The number of carboxylic acid groups (broad SMARTS) is 3. The van der Waals surface area contributed by atoms with E-state index in [1.54, 1.807) is 6.07 Å². The van der Waals surface area contributed by atoms with Crippen LogP contribution < -0.4 is 10.7 Å². The molecule has 1 aromatic carbocycles. The molecule has 10 nitrogen and oxygen atoms in total. The van der Waals surface area contributed by atoms with Crippen molar-refractivity contribution in [3.05, 3.63) is 69.7 Å². The van der Waals surface area contributed by atoms with Crippen molar-refractivity contribution in [1.29, 1.82) is 0 Å². The number of aromatic nitrogens is 2. The third-order valence-electron chi connectivity index (χ3n) is 5.61.